The highest BCUT2D eigenvalue weighted by Crippen LogP contribution is 2.76. The molecule has 0 aromatic heterocycles. The minimum atomic E-state index is -1.62. The van der Waals surface area contributed by atoms with E-state index in [1.54, 1.807) is 0 Å². The molecular formula is C41H66O12. The SMILES string of the molecule is CC1O[C@@H](O[C@@H]2C(O)C(O)CO[C@@H]2OC2CCC3(C)[C@H]4CC=C5C6CC(C)(C)CCC6(C(=O)O)CCC5(C)C4(C)CC[C@H]3C2(C)CO)C(O)C(O)C1O. The van der Waals surface area contributed by atoms with Crippen molar-refractivity contribution in [3.8, 4) is 0 Å². The second-order valence-corrected chi connectivity index (χ2v) is 20.0. The molecule has 4 saturated carbocycles. The number of hydrogen-bond donors (Lipinski definition) is 7. The summed E-state index contributed by atoms with van der Waals surface area (Å²) in [4.78, 5) is 13.0. The van der Waals surface area contributed by atoms with Gasteiger partial charge >= 0.3 is 5.97 Å². The third-order valence-electron chi connectivity index (χ3n) is 17.0. The Morgan fingerprint density at radius 1 is 0.830 bits per heavy atom. The van der Waals surface area contributed by atoms with Crippen molar-refractivity contribution >= 4 is 5.97 Å². The van der Waals surface area contributed by atoms with Gasteiger partial charge in [0.2, 0.25) is 0 Å². The van der Waals surface area contributed by atoms with E-state index in [0.29, 0.717) is 18.8 Å². The first kappa shape index (κ1) is 40.0. The molecule has 7 N–H and O–H groups in total. The van der Waals surface area contributed by atoms with E-state index in [-0.39, 0.29) is 46.7 Å². The number of aliphatic hydroxyl groups is 6. The van der Waals surface area contributed by atoms with Crippen LogP contribution in [-0.4, -0.2) is 116 Å². The number of fused-ring (bicyclic) bond motifs is 7. The van der Waals surface area contributed by atoms with E-state index in [9.17, 15) is 40.5 Å². The van der Waals surface area contributed by atoms with Crippen molar-refractivity contribution in [2.75, 3.05) is 13.2 Å². The predicted molar refractivity (Wildman–Crippen MR) is 192 cm³/mol. The molecule has 0 spiro atoms. The van der Waals surface area contributed by atoms with Crippen molar-refractivity contribution in [3.05, 3.63) is 11.6 Å². The lowest BCUT2D eigenvalue weighted by atomic mass is 9.33. The van der Waals surface area contributed by atoms with Crippen LogP contribution in [0, 0.1) is 50.2 Å². The second kappa shape index (κ2) is 13.5. The smallest absolute Gasteiger partial charge is 0.310 e. The molecule has 7 rings (SSSR count). The maximum Gasteiger partial charge on any atom is 0.310 e. The minimum absolute atomic E-state index is 0.0360. The lowest BCUT2D eigenvalue weighted by Gasteiger charge is -2.71. The monoisotopic (exact) mass is 750 g/mol. The van der Waals surface area contributed by atoms with Crippen molar-refractivity contribution < 1.29 is 59.5 Å². The van der Waals surface area contributed by atoms with Gasteiger partial charge in [0, 0.05) is 5.41 Å². The zero-order chi connectivity index (χ0) is 38.7. The fourth-order valence-electron chi connectivity index (χ4n) is 13.3. The second-order valence-electron chi connectivity index (χ2n) is 20.0. The Bertz CT molecular complexity index is 1440. The first-order valence-electron chi connectivity index (χ1n) is 20.2. The van der Waals surface area contributed by atoms with E-state index < -0.39 is 78.2 Å². The molecule has 302 valence electrons. The fourth-order valence-corrected chi connectivity index (χ4v) is 13.3. The number of allylic oxidation sites excluding steroid dienone is 2. The summed E-state index contributed by atoms with van der Waals surface area (Å²) < 4.78 is 24.3. The van der Waals surface area contributed by atoms with Crippen LogP contribution in [-0.2, 0) is 23.7 Å². The van der Waals surface area contributed by atoms with Crippen molar-refractivity contribution in [3.63, 3.8) is 0 Å². The zero-order valence-corrected chi connectivity index (χ0v) is 32.7. The maximum absolute atomic E-state index is 13.0. The topological polar surface area (TPSA) is 196 Å². The Balaban J connectivity index is 1.15. The number of aliphatic hydroxyl groups excluding tert-OH is 6. The quantitative estimate of drug-likeness (QED) is 0.155. The molecule has 0 radical (unpaired) electrons. The third-order valence-corrected chi connectivity index (χ3v) is 17.0. The van der Waals surface area contributed by atoms with E-state index in [0.717, 1.165) is 51.4 Å². The van der Waals surface area contributed by atoms with E-state index >= 15 is 0 Å². The summed E-state index contributed by atoms with van der Waals surface area (Å²) in [6.45, 7) is 15.1. The van der Waals surface area contributed by atoms with E-state index in [2.05, 4.69) is 47.6 Å². The first-order chi connectivity index (χ1) is 24.7. The number of carboxylic acid groups (broad SMARTS) is 1. The Morgan fingerprint density at radius 2 is 1.53 bits per heavy atom. The van der Waals surface area contributed by atoms with Gasteiger partial charge in [-0.25, -0.2) is 0 Å². The van der Waals surface area contributed by atoms with Crippen LogP contribution < -0.4 is 0 Å². The van der Waals surface area contributed by atoms with Crippen molar-refractivity contribution in [1.29, 1.82) is 0 Å². The molecule has 7 aliphatic rings. The molecule has 2 saturated heterocycles. The van der Waals surface area contributed by atoms with E-state index in [1.807, 2.05) is 0 Å². The minimum Gasteiger partial charge on any atom is -0.481 e. The summed E-state index contributed by atoms with van der Waals surface area (Å²) in [7, 11) is 0. The van der Waals surface area contributed by atoms with Gasteiger partial charge in [0.1, 0.15) is 36.6 Å². The third kappa shape index (κ3) is 5.85. The van der Waals surface area contributed by atoms with Crippen LogP contribution in [0.1, 0.15) is 113 Å². The van der Waals surface area contributed by atoms with Crippen LogP contribution in [0.3, 0.4) is 0 Å². The molecule has 0 amide bonds. The molecule has 2 aliphatic heterocycles. The van der Waals surface area contributed by atoms with Crippen LogP contribution in [0.4, 0.5) is 0 Å². The number of hydrogen-bond acceptors (Lipinski definition) is 11. The van der Waals surface area contributed by atoms with Gasteiger partial charge < -0.3 is 54.7 Å². The maximum atomic E-state index is 13.0. The Morgan fingerprint density at radius 3 is 2.21 bits per heavy atom. The molecular weight excluding hydrogens is 684 g/mol. The lowest BCUT2D eigenvalue weighted by molar-refractivity contribution is -0.365. The predicted octanol–water partition coefficient (Wildman–Crippen LogP) is 3.52. The molecule has 0 aromatic rings. The lowest BCUT2D eigenvalue weighted by Crippen LogP contribution is -2.67. The van der Waals surface area contributed by atoms with Gasteiger partial charge in [-0.15, -0.1) is 0 Å². The molecule has 2 heterocycles. The fraction of sp³-hybridized carbons (Fsp3) is 0.927. The standard InChI is InChI=1S/C41H66O12/c1-21-28(44)30(46)31(47)33(51-21)53-32-29(45)24(43)19-50-34(32)52-27-11-12-37(4)25(38(27,5)20-42)10-13-40(7)26(37)9-8-22-23-18-36(2,3)14-16-41(23,35(48)49)17-15-39(22,40)6/h8,21,23-34,42-47H,9-20H2,1-7H3,(H,48,49)/t21?,23?,24?,25-,26-,27?,28?,29?,30?,31?,32-,33+,34-,37?,38?,39?,40?,41?/m1/s1. The first-order valence-corrected chi connectivity index (χ1v) is 20.2. The van der Waals surface area contributed by atoms with Crippen molar-refractivity contribution in [1.82, 2.24) is 0 Å². The number of carbonyl (C=O) groups is 1. The summed E-state index contributed by atoms with van der Waals surface area (Å²) >= 11 is 0. The molecule has 13 unspecified atom stereocenters. The van der Waals surface area contributed by atoms with Crippen molar-refractivity contribution in [2.45, 2.75) is 174 Å². The van der Waals surface area contributed by atoms with Gasteiger partial charge in [-0.05, 0) is 111 Å². The van der Waals surface area contributed by atoms with Gasteiger partial charge in [0.25, 0.3) is 0 Å². The van der Waals surface area contributed by atoms with Crippen LogP contribution in [0.25, 0.3) is 0 Å². The number of rotatable bonds is 6. The Kier molecular flexibility index (Phi) is 10.2. The molecule has 5 aliphatic carbocycles. The van der Waals surface area contributed by atoms with E-state index in [1.165, 1.54) is 12.5 Å². The Labute approximate surface area is 314 Å². The molecule has 12 heteroatoms. The summed E-state index contributed by atoms with van der Waals surface area (Å²) in [5.74, 6) is -0.194. The van der Waals surface area contributed by atoms with Crippen LogP contribution in [0.2, 0.25) is 0 Å². The molecule has 12 nitrogen and oxygen atoms in total. The molecule has 6 fully saturated rings. The largest absolute Gasteiger partial charge is 0.481 e. The zero-order valence-electron chi connectivity index (χ0n) is 32.7. The van der Waals surface area contributed by atoms with E-state index in [4.69, 9.17) is 18.9 Å². The number of ether oxygens (including phenoxy) is 4. The Hall–Kier alpha value is -1.19. The summed E-state index contributed by atoms with van der Waals surface area (Å²) in [6, 6.07) is 0. The van der Waals surface area contributed by atoms with Crippen molar-refractivity contribution in [2.24, 2.45) is 50.2 Å². The average molecular weight is 751 g/mol. The van der Waals surface area contributed by atoms with Gasteiger partial charge in [0.05, 0.1) is 30.8 Å². The summed E-state index contributed by atoms with van der Waals surface area (Å²) in [5, 5.41) is 74.9. The van der Waals surface area contributed by atoms with Crippen LogP contribution >= 0.6 is 0 Å². The van der Waals surface area contributed by atoms with Gasteiger partial charge in [0.15, 0.2) is 12.6 Å². The van der Waals surface area contributed by atoms with Crippen LogP contribution in [0.5, 0.6) is 0 Å². The van der Waals surface area contributed by atoms with Crippen LogP contribution in [0.15, 0.2) is 11.6 Å². The highest BCUT2D eigenvalue weighted by molar-refractivity contribution is 5.76. The number of carboxylic acids is 1. The average Bonchev–Trinajstić information content (AvgIpc) is 3.10. The highest BCUT2D eigenvalue weighted by Gasteiger charge is 2.70. The molecule has 53 heavy (non-hydrogen) atoms. The number of aliphatic carboxylic acids is 1. The molecule has 0 bridgehead atoms. The van der Waals surface area contributed by atoms with Gasteiger partial charge in [-0.3, -0.25) is 4.79 Å². The van der Waals surface area contributed by atoms with Gasteiger partial charge in [-0.2, -0.15) is 0 Å². The highest BCUT2D eigenvalue weighted by atomic mass is 16.8. The summed E-state index contributed by atoms with van der Waals surface area (Å²) in [5.41, 5.74) is -0.239. The molecule has 0 aromatic carbocycles. The normalized spacial score (nSPS) is 55.1. The summed E-state index contributed by atoms with van der Waals surface area (Å²) in [6.07, 6.45) is -1.79. The van der Waals surface area contributed by atoms with Gasteiger partial charge in [-0.1, -0.05) is 53.2 Å². The molecule has 18 atom stereocenters.